The van der Waals surface area contributed by atoms with Crippen molar-refractivity contribution < 1.29 is 13.2 Å². The summed E-state index contributed by atoms with van der Waals surface area (Å²) < 4.78 is 47.5. The fraction of sp³-hybridized carbons (Fsp3) is 0.276. The molecule has 0 saturated carbocycles. The Morgan fingerprint density at radius 1 is 0.919 bits per heavy atom. The minimum absolute atomic E-state index is 0.114. The first-order chi connectivity index (χ1) is 17.7. The Morgan fingerprint density at radius 2 is 1.59 bits per heavy atom. The van der Waals surface area contributed by atoms with Crippen molar-refractivity contribution in [2.45, 2.75) is 46.0 Å². The molecular formula is C29H28BrF3N4. The molecule has 0 N–H and O–H groups in total. The van der Waals surface area contributed by atoms with E-state index in [1.54, 1.807) is 4.40 Å². The number of hydrogen-bond donors (Lipinski definition) is 0. The minimum atomic E-state index is -4.59. The summed E-state index contributed by atoms with van der Waals surface area (Å²) in [7, 11) is 0. The van der Waals surface area contributed by atoms with Crippen LogP contribution in [0.15, 0.2) is 77.3 Å². The van der Waals surface area contributed by atoms with Crippen molar-refractivity contribution >= 4 is 32.7 Å². The molecule has 0 fully saturated rings. The second kappa shape index (κ2) is 9.99. The monoisotopic (exact) mass is 568 g/mol. The summed E-state index contributed by atoms with van der Waals surface area (Å²) in [6.07, 6.45) is -4.59. The third kappa shape index (κ3) is 4.80. The molecule has 0 aliphatic rings. The van der Waals surface area contributed by atoms with Crippen LogP contribution in [0.2, 0.25) is 0 Å². The van der Waals surface area contributed by atoms with Crippen LogP contribution in [0.25, 0.3) is 22.5 Å². The maximum atomic E-state index is 14.4. The van der Waals surface area contributed by atoms with Gasteiger partial charge in [0.25, 0.3) is 0 Å². The molecule has 0 unspecified atom stereocenters. The Morgan fingerprint density at radius 3 is 2.22 bits per heavy atom. The van der Waals surface area contributed by atoms with Crippen LogP contribution in [0.5, 0.6) is 0 Å². The molecule has 3 aromatic carbocycles. The van der Waals surface area contributed by atoms with Gasteiger partial charge in [0, 0.05) is 17.6 Å². The van der Waals surface area contributed by atoms with E-state index in [9.17, 15) is 13.2 Å². The Hall–Kier alpha value is -3.10. The fourth-order valence-electron chi connectivity index (χ4n) is 4.80. The molecule has 0 radical (unpaired) electrons. The molecule has 192 valence electrons. The van der Waals surface area contributed by atoms with Crippen molar-refractivity contribution in [1.82, 2.24) is 18.9 Å². The molecule has 5 rings (SSSR count). The van der Waals surface area contributed by atoms with Crippen molar-refractivity contribution in [3.05, 3.63) is 99.8 Å². The molecule has 37 heavy (non-hydrogen) atoms. The molecule has 2 heterocycles. The highest BCUT2D eigenvalue weighted by molar-refractivity contribution is 9.10. The lowest BCUT2D eigenvalue weighted by Crippen LogP contribution is -2.25. The molecule has 5 aromatic rings. The standard InChI is InChI=1S/C29H28BrF3N4/c1-4-35(17-20-10-6-5-7-11-20)18-26-27(29(31,32)33)34-28-36(24-12-8-9-13-25(24)37(26)28)23-15-14-21(19(2)3)16-22(23)30/h5-16,19H,4,17-18H2,1-3H3. The largest absolute Gasteiger partial charge is 0.435 e. The molecule has 0 aliphatic carbocycles. The van der Waals surface area contributed by atoms with Gasteiger partial charge in [-0.1, -0.05) is 69.3 Å². The van der Waals surface area contributed by atoms with E-state index >= 15 is 0 Å². The molecule has 0 spiro atoms. The maximum Gasteiger partial charge on any atom is 0.435 e. The van der Waals surface area contributed by atoms with Gasteiger partial charge < -0.3 is 0 Å². The molecule has 0 atom stereocenters. The smallest absolute Gasteiger partial charge is 0.294 e. The predicted octanol–water partition coefficient (Wildman–Crippen LogP) is 8.21. The number of para-hydroxylation sites is 2. The first-order valence-corrected chi connectivity index (χ1v) is 13.1. The number of hydrogen-bond acceptors (Lipinski definition) is 2. The molecular weight excluding hydrogens is 541 g/mol. The number of nitrogens with zero attached hydrogens (tertiary/aromatic N) is 4. The van der Waals surface area contributed by atoms with Gasteiger partial charge in [-0.15, -0.1) is 0 Å². The summed E-state index contributed by atoms with van der Waals surface area (Å²) in [6.45, 7) is 7.43. The number of rotatable bonds is 7. The Balaban J connectivity index is 1.73. The van der Waals surface area contributed by atoms with Gasteiger partial charge >= 0.3 is 6.18 Å². The zero-order valence-electron chi connectivity index (χ0n) is 20.9. The highest BCUT2D eigenvalue weighted by Crippen LogP contribution is 2.38. The summed E-state index contributed by atoms with van der Waals surface area (Å²) >= 11 is 3.67. The number of alkyl halides is 3. The normalized spacial score (nSPS) is 12.5. The molecule has 0 amide bonds. The maximum absolute atomic E-state index is 14.4. The van der Waals surface area contributed by atoms with Gasteiger partial charge in [-0.2, -0.15) is 13.2 Å². The zero-order valence-corrected chi connectivity index (χ0v) is 22.5. The van der Waals surface area contributed by atoms with Gasteiger partial charge in [-0.05, 0) is 63.8 Å². The molecule has 8 heteroatoms. The topological polar surface area (TPSA) is 25.5 Å². The van der Waals surface area contributed by atoms with E-state index in [0.717, 1.165) is 26.8 Å². The van der Waals surface area contributed by atoms with Crippen LogP contribution in [0, 0.1) is 0 Å². The Bertz CT molecular complexity index is 1550. The van der Waals surface area contributed by atoms with Crippen LogP contribution in [-0.4, -0.2) is 25.4 Å². The summed E-state index contributed by atoms with van der Waals surface area (Å²) in [6, 6.07) is 23.3. The van der Waals surface area contributed by atoms with E-state index in [2.05, 4.69) is 34.8 Å². The van der Waals surface area contributed by atoms with Crippen LogP contribution < -0.4 is 0 Å². The second-order valence-corrected chi connectivity index (χ2v) is 10.4. The number of imidazole rings is 2. The SMILES string of the molecule is CCN(Cc1ccccc1)Cc1c(C(F)(F)F)nc2n(-c3ccc(C(C)C)cc3Br)c3ccccc3n12. The summed E-state index contributed by atoms with van der Waals surface area (Å²) in [5.41, 5.74) is 3.72. The average Bonchev–Trinajstić information content (AvgIpc) is 3.39. The third-order valence-corrected chi connectivity index (χ3v) is 7.37. The summed E-state index contributed by atoms with van der Waals surface area (Å²) in [4.78, 5) is 6.25. The average molecular weight is 569 g/mol. The lowest BCUT2D eigenvalue weighted by atomic mass is 10.0. The highest BCUT2D eigenvalue weighted by Gasteiger charge is 2.39. The highest BCUT2D eigenvalue weighted by atomic mass is 79.9. The van der Waals surface area contributed by atoms with Gasteiger partial charge in [0.2, 0.25) is 5.78 Å². The Labute approximate surface area is 222 Å². The molecule has 4 nitrogen and oxygen atoms in total. The minimum Gasteiger partial charge on any atom is -0.294 e. The van der Waals surface area contributed by atoms with Crippen molar-refractivity contribution in [1.29, 1.82) is 0 Å². The Kier molecular flexibility index (Phi) is 6.89. The molecule has 0 saturated heterocycles. The zero-order chi connectivity index (χ0) is 26.3. The van der Waals surface area contributed by atoms with Crippen LogP contribution in [-0.2, 0) is 19.3 Å². The quantitative estimate of drug-likeness (QED) is 0.198. The van der Waals surface area contributed by atoms with E-state index in [0.29, 0.717) is 24.5 Å². The van der Waals surface area contributed by atoms with Crippen molar-refractivity contribution in [3.8, 4) is 5.69 Å². The van der Waals surface area contributed by atoms with Crippen LogP contribution in [0.1, 0.15) is 49.2 Å². The summed E-state index contributed by atoms with van der Waals surface area (Å²) in [5, 5.41) is 0. The van der Waals surface area contributed by atoms with Crippen LogP contribution in [0.3, 0.4) is 0 Å². The van der Waals surface area contributed by atoms with E-state index in [4.69, 9.17) is 0 Å². The molecule has 2 aromatic heterocycles. The predicted molar refractivity (Wildman–Crippen MR) is 145 cm³/mol. The summed E-state index contributed by atoms with van der Waals surface area (Å²) in [5.74, 6) is 0.573. The number of halogens is 4. The van der Waals surface area contributed by atoms with Crippen LogP contribution in [0.4, 0.5) is 13.2 Å². The van der Waals surface area contributed by atoms with Crippen molar-refractivity contribution in [2.75, 3.05) is 6.54 Å². The van der Waals surface area contributed by atoms with Crippen LogP contribution >= 0.6 is 15.9 Å². The van der Waals surface area contributed by atoms with Gasteiger partial charge in [0.05, 0.1) is 22.4 Å². The van der Waals surface area contributed by atoms with E-state index in [1.165, 1.54) is 0 Å². The molecule has 0 aliphatic heterocycles. The van der Waals surface area contributed by atoms with Gasteiger partial charge in [-0.3, -0.25) is 13.9 Å². The third-order valence-electron chi connectivity index (χ3n) is 6.74. The van der Waals surface area contributed by atoms with E-state index in [1.807, 2.05) is 89.2 Å². The van der Waals surface area contributed by atoms with Gasteiger partial charge in [0.1, 0.15) is 0 Å². The van der Waals surface area contributed by atoms with Gasteiger partial charge in [-0.25, -0.2) is 4.98 Å². The molecule has 0 bridgehead atoms. The first kappa shape index (κ1) is 25.5. The number of benzene rings is 3. The van der Waals surface area contributed by atoms with E-state index in [-0.39, 0.29) is 18.0 Å². The van der Waals surface area contributed by atoms with Gasteiger partial charge in [0.15, 0.2) is 5.69 Å². The van der Waals surface area contributed by atoms with Crippen molar-refractivity contribution in [3.63, 3.8) is 0 Å². The second-order valence-electron chi connectivity index (χ2n) is 9.52. The number of fused-ring (bicyclic) bond motifs is 3. The fourth-order valence-corrected chi connectivity index (χ4v) is 5.37. The lowest BCUT2D eigenvalue weighted by molar-refractivity contribution is -0.141. The first-order valence-electron chi connectivity index (χ1n) is 12.3. The van der Waals surface area contributed by atoms with Crippen molar-refractivity contribution in [2.24, 2.45) is 0 Å². The number of aromatic nitrogens is 3. The lowest BCUT2D eigenvalue weighted by Gasteiger charge is -2.21. The van der Waals surface area contributed by atoms with E-state index < -0.39 is 11.9 Å².